The fraction of sp³-hybridized carbons (Fsp3) is 0.552. The summed E-state index contributed by atoms with van der Waals surface area (Å²) >= 11 is 0. The molecule has 0 unspecified atom stereocenters. The summed E-state index contributed by atoms with van der Waals surface area (Å²) in [6, 6.07) is 9.95. The maximum Gasteiger partial charge on any atom is 0.230 e. The van der Waals surface area contributed by atoms with Gasteiger partial charge in [0.1, 0.15) is 0 Å². The van der Waals surface area contributed by atoms with Crippen molar-refractivity contribution < 1.29 is 19.7 Å². The number of carbonyl (C=O) groups excluding carboxylic acids is 1. The van der Waals surface area contributed by atoms with Crippen LogP contribution in [0.1, 0.15) is 46.1 Å². The normalized spacial score (nSPS) is 40.4. The van der Waals surface area contributed by atoms with E-state index in [4.69, 9.17) is 4.74 Å². The molecule has 1 aliphatic heterocycles. The molecule has 1 fully saturated rings. The molecule has 5 nitrogen and oxygen atoms in total. The Bertz CT molecular complexity index is 999. The van der Waals surface area contributed by atoms with Crippen LogP contribution in [0.25, 0.3) is 0 Å². The molecule has 1 saturated heterocycles. The quantitative estimate of drug-likeness (QED) is 0.591. The van der Waals surface area contributed by atoms with E-state index >= 15 is 0 Å². The van der Waals surface area contributed by atoms with Crippen molar-refractivity contribution in [2.24, 2.45) is 23.2 Å². The first-order chi connectivity index (χ1) is 16.1. The Morgan fingerprint density at radius 3 is 2.50 bits per heavy atom. The number of amides is 1. The van der Waals surface area contributed by atoms with E-state index in [0.717, 1.165) is 29.6 Å². The lowest BCUT2D eigenvalue weighted by molar-refractivity contribution is -0.141. The Balaban J connectivity index is 1.87. The number of aliphatic hydroxyl groups excluding tert-OH is 2. The Morgan fingerprint density at radius 2 is 1.82 bits per heavy atom. The maximum absolute atomic E-state index is 13.9. The molecule has 4 rings (SSSR count). The van der Waals surface area contributed by atoms with E-state index in [2.05, 4.69) is 30.4 Å². The monoisotopic (exact) mass is 465 g/mol. The van der Waals surface area contributed by atoms with E-state index in [1.807, 2.05) is 51.1 Å². The lowest BCUT2D eigenvalue weighted by atomic mass is 9.54. The third-order valence-corrected chi connectivity index (χ3v) is 8.57. The number of benzene rings is 1. The van der Waals surface area contributed by atoms with Gasteiger partial charge in [-0.2, -0.15) is 0 Å². The highest BCUT2D eigenvalue weighted by Gasteiger charge is 2.65. The van der Waals surface area contributed by atoms with Crippen LogP contribution in [0.4, 0.5) is 0 Å². The number of methoxy groups -OCH3 is 1. The number of carbonyl (C=O) groups is 1. The van der Waals surface area contributed by atoms with Crippen LogP contribution in [-0.4, -0.2) is 47.1 Å². The zero-order valence-corrected chi connectivity index (χ0v) is 21.0. The molecule has 8 atom stereocenters. The maximum atomic E-state index is 13.9. The zero-order valence-electron chi connectivity index (χ0n) is 21.0. The second-order valence-corrected chi connectivity index (χ2v) is 10.8. The van der Waals surface area contributed by atoms with Crippen LogP contribution < -0.4 is 5.32 Å². The van der Waals surface area contributed by atoms with E-state index in [1.165, 1.54) is 0 Å². The molecule has 1 aromatic carbocycles. The largest absolute Gasteiger partial charge is 0.388 e. The van der Waals surface area contributed by atoms with Gasteiger partial charge in [-0.3, -0.25) is 4.79 Å². The molecule has 0 aromatic heterocycles. The first kappa shape index (κ1) is 24.9. The van der Waals surface area contributed by atoms with Gasteiger partial charge < -0.3 is 20.3 Å². The van der Waals surface area contributed by atoms with Crippen molar-refractivity contribution in [1.29, 1.82) is 0 Å². The van der Waals surface area contributed by atoms with Crippen LogP contribution in [0.3, 0.4) is 0 Å². The van der Waals surface area contributed by atoms with Crippen molar-refractivity contribution in [3.05, 3.63) is 71.3 Å². The fourth-order valence-electron chi connectivity index (χ4n) is 6.60. The molecule has 5 heteroatoms. The SMILES string of the molecule is CO[C@@]1(C)C=C[C@@H](O)[C@@]23C(=O)N[C@@H](Cc4ccccc4)[C@@H]2C(C)=C(C)[C@@H](O)[C@@H]3C=CC[C@H](C)C1. The van der Waals surface area contributed by atoms with E-state index in [9.17, 15) is 15.0 Å². The molecule has 184 valence electrons. The van der Waals surface area contributed by atoms with Gasteiger partial charge in [-0.15, -0.1) is 0 Å². The second-order valence-electron chi connectivity index (χ2n) is 10.8. The molecule has 0 bridgehead atoms. The summed E-state index contributed by atoms with van der Waals surface area (Å²) in [5, 5.41) is 26.4. The molecule has 0 radical (unpaired) electrons. The van der Waals surface area contributed by atoms with Crippen LogP contribution in [0.5, 0.6) is 0 Å². The third-order valence-electron chi connectivity index (χ3n) is 8.57. The van der Waals surface area contributed by atoms with Gasteiger partial charge in [-0.25, -0.2) is 0 Å². The van der Waals surface area contributed by atoms with Gasteiger partial charge in [-0.1, -0.05) is 67.1 Å². The molecule has 3 N–H and O–H groups in total. The predicted octanol–water partition coefficient (Wildman–Crippen LogP) is 3.97. The minimum absolute atomic E-state index is 0.172. The summed E-state index contributed by atoms with van der Waals surface area (Å²) in [4.78, 5) is 13.9. The Morgan fingerprint density at radius 1 is 1.12 bits per heavy atom. The standard InChI is InChI=1S/C29H39NO4/c1-18-10-9-13-22-26(32)20(3)19(2)25-23(16-21-11-7-6-8-12-21)30-27(33)29(22,25)24(31)14-15-28(4,17-18)34-5/h6-9,11-15,18,22-26,31-32H,10,16-17H2,1-5H3,(H,30,33)/t18-,22-,23-,24+,25-,26+,28-,29+/m0/s1. The van der Waals surface area contributed by atoms with Gasteiger partial charge in [0, 0.05) is 25.0 Å². The number of rotatable bonds is 3. The van der Waals surface area contributed by atoms with Crippen molar-refractivity contribution in [2.75, 3.05) is 7.11 Å². The van der Waals surface area contributed by atoms with Crippen molar-refractivity contribution >= 4 is 5.91 Å². The Hall–Kier alpha value is -2.21. The highest BCUT2D eigenvalue weighted by molar-refractivity contribution is 5.89. The summed E-state index contributed by atoms with van der Waals surface area (Å²) in [6.45, 7) is 8.15. The van der Waals surface area contributed by atoms with Crippen LogP contribution >= 0.6 is 0 Å². The van der Waals surface area contributed by atoms with Crippen LogP contribution in [0.15, 0.2) is 65.8 Å². The lowest BCUT2D eigenvalue weighted by Gasteiger charge is -2.49. The molecule has 34 heavy (non-hydrogen) atoms. The van der Waals surface area contributed by atoms with Crippen molar-refractivity contribution in [1.82, 2.24) is 5.32 Å². The van der Waals surface area contributed by atoms with Gasteiger partial charge in [0.15, 0.2) is 0 Å². The van der Waals surface area contributed by atoms with Gasteiger partial charge >= 0.3 is 0 Å². The van der Waals surface area contributed by atoms with Gasteiger partial charge in [0.25, 0.3) is 0 Å². The average molecular weight is 466 g/mol. The first-order valence-electron chi connectivity index (χ1n) is 12.4. The van der Waals surface area contributed by atoms with Crippen LogP contribution in [-0.2, 0) is 16.0 Å². The molecular weight excluding hydrogens is 426 g/mol. The fourth-order valence-corrected chi connectivity index (χ4v) is 6.60. The van der Waals surface area contributed by atoms with Gasteiger partial charge in [-0.05, 0) is 57.1 Å². The number of aliphatic hydroxyl groups is 2. The summed E-state index contributed by atoms with van der Waals surface area (Å²) in [5.41, 5.74) is 1.27. The first-order valence-corrected chi connectivity index (χ1v) is 12.4. The molecular formula is C29H39NO4. The van der Waals surface area contributed by atoms with E-state index in [0.29, 0.717) is 12.3 Å². The van der Waals surface area contributed by atoms with E-state index < -0.39 is 29.1 Å². The molecule has 0 saturated carbocycles. The van der Waals surface area contributed by atoms with E-state index in [1.54, 1.807) is 13.2 Å². The number of nitrogens with one attached hydrogen (secondary N) is 1. The average Bonchev–Trinajstić information content (AvgIpc) is 3.10. The minimum Gasteiger partial charge on any atom is -0.388 e. The molecule has 1 heterocycles. The number of hydrogen-bond donors (Lipinski definition) is 3. The van der Waals surface area contributed by atoms with E-state index in [-0.39, 0.29) is 17.9 Å². The van der Waals surface area contributed by atoms with Crippen molar-refractivity contribution in [2.45, 2.75) is 70.8 Å². The molecule has 2 aliphatic carbocycles. The Kier molecular flexibility index (Phi) is 6.92. The Labute approximate surface area is 203 Å². The molecule has 1 spiro atoms. The summed E-state index contributed by atoms with van der Waals surface area (Å²) in [5.74, 6) is -0.622. The summed E-state index contributed by atoms with van der Waals surface area (Å²) < 4.78 is 5.82. The third kappa shape index (κ3) is 4.08. The lowest BCUT2D eigenvalue weighted by Crippen LogP contribution is -2.57. The van der Waals surface area contributed by atoms with Crippen molar-refractivity contribution in [3.8, 4) is 0 Å². The zero-order chi connectivity index (χ0) is 24.7. The van der Waals surface area contributed by atoms with Gasteiger partial charge in [0.05, 0.1) is 23.2 Å². The summed E-state index contributed by atoms with van der Waals surface area (Å²) in [7, 11) is 1.68. The minimum atomic E-state index is -1.20. The molecule has 3 aliphatic rings. The topological polar surface area (TPSA) is 78.8 Å². The van der Waals surface area contributed by atoms with Crippen LogP contribution in [0, 0.1) is 23.2 Å². The predicted molar refractivity (Wildman–Crippen MR) is 134 cm³/mol. The highest BCUT2D eigenvalue weighted by Crippen LogP contribution is 2.56. The smallest absolute Gasteiger partial charge is 0.230 e. The molecule has 1 amide bonds. The highest BCUT2D eigenvalue weighted by atomic mass is 16.5. The van der Waals surface area contributed by atoms with Crippen LogP contribution in [0.2, 0.25) is 0 Å². The number of hydrogen-bond acceptors (Lipinski definition) is 4. The number of allylic oxidation sites excluding steroid dienone is 1. The second kappa shape index (κ2) is 9.44. The number of ether oxygens (including phenoxy) is 1. The van der Waals surface area contributed by atoms with Crippen molar-refractivity contribution in [3.63, 3.8) is 0 Å². The summed E-state index contributed by atoms with van der Waals surface area (Å²) in [6.07, 6.45) is 8.07. The van der Waals surface area contributed by atoms with Gasteiger partial charge in [0.2, 0.25) is 5.91 Å². The molecule has 1 aromatic rings.